The van der Waals surface area contributed by atoms with Crippen molar-refractivity contribution >= 4 is 0 Å². The van der Waals surface area contributed by atoms with E-state index in [4.69, 9.17) is 5.26 Å². The van der Waals surface area contributed by atoms with E-state index < -0.39 is 0 Å². The molecule has 4 heteroatoms. The van der Waals surface area contributed by atoms with Crippen LogP contribution in [0.3, 0.4) is 0 Å². The Kier molecular flexibility index (Phi) is 3.62. The monoisotopic (exact) mass is 231 g/mol. The molecule has 2 rings (SSSR count). The molecule has 0 bridgehead atoms. The Hall–Kier alpha value is -1.57. The second kappa shape index (κ2) is 5.17. The van der Waals surface area contributed by atoms with Gasteiger partial charge in [-0.25, -0.2) is 0 Å². The average molecular weight is 231 g/mol. The molecule has 0 unspecified atom stereocenters. The van der Waals surface area contributed by atoms with Crippen molar-refractivity contribution in [2.75, 3.05) is 26.2 Å². The van der Waals surface area contributed by atoms with E-state index in [1.807, 2.05) is 18.2 Å². The standard InChI is InChI=1S/C13H17N3O/c1-10(16-7-5-15-6-8-16)12-4-2-3-11(9-14)13(12)17/h2-4,10,15,17H,5-8H2,1H3/t10-/m0/s1. The number of para-hydroxylation sites is 1. The minimum Gasteiger partial charge on any atom is -0.506 e. The first-order chi connectivity index (χ1) is 8.24. The summed E-state index contributed by atoms with van der Waals surface area (Å²) in [6.07, 6.45) is 0. The summed E-state index contributed by atoms with van der Waals surface area (Å²) in [7, 11) is 0. The Bertz CT molecular complexity index is 433. The summed E-state index contributed by atoms with van der Waals surface area (Å²) >= 11 is 0. The Labute approximate surface area is 101 Å². The Morgan fingerprint density at radius 3 is 2.76 bits per heavy atom. The van der Waals surface area contributed by atoms with Crippen LogP contribution in [0, 0.1) is 11.3 Å². The Morgan fingerprint density at radius 2 is 2.12 bits per heavy atom. The molecule has 2 N–H and O–H groups in total. The molecule has 1 aliphatic heterocycles. The molecule has 1 fully saturated rings. The van der Waals surface area contributed by atoms with Crippen molar-refractivity contribution in [3.63, 3.8) is 0 Å². The molecule has 90 valence electrons. The highest BCUT2D eigenvalue weighted by molar-refractivity contribution is 5.48. The molecule has 1 heterocycles. The molecular weight excluding hydrogens is 214 g/mol. The van der Waals surface area contributed by atoms with Crippen LogP contribution in [0.25, 0.3) is 0 Å². The summed E-state index contributed by atoms with van der Waals surface area (Å²) in [4.78, 5) is 2.31. The van der Waals surface area contributed by atoms with E-state index in [0.717, 1.165) is 31.7 Å². The zero-order valence-electron chi connectivity index (χ0n) is 9.98. The van der Waals surface area contributed by atoms with E-state index in [1.165, 1.54) is 0 Å². The van der Waals surface area contributed by atoms with Crippen molar-refractivity contribution in [3.05, 3.63) is 29.3 Å². The van der Waals surface area contributed by atoms with E-state index >= 15 is 0 Å². The summed E-state index contributed by atoms with van der Waals surface area (Å²) in [5.41, 5.74) is 1.19. The van der Waals surface area contributed by atoms with E-state index in [0.29, 0.717) is 5.56 Å². The molecular formula is C13H17N3O. The van der Waals surface area contributed by atoms with Crippen LogP contribution in [-0.2, 0) is 0 Å². The first-order valence-electron chi connectivity index (χ1n) is 5.91. The predicted molar refractivity (Wildman–Crippen MR) is 65.7 cm³/mol. The third kappa shape index (κ3) is 2.41. The van der Waals surface area contributed by atoms with Gasteiger partial charge in [-0.1, -0.05) is 12.1 Å². The zero-order chi connectivity index (χ0) is 12.3. The number of nitrogens with zero attached hydrogens (tertiary/aromatic N) is 2. The number of phenols is 1. The van der Waals surface area contributed by atoms with Crippen LogP contribution in [0.2, 0.25) is 0 Å². The molecule has 1 aromatic rings. The highest BCUT2D eigenvalue weighted by Gasteiger charge is 2.21. The summed E-state index contributed by atoms with van der Waals surface area (Å²) in [6, 6.07) is 7.52. The fourth-order valence-electron chi connectivity index (χ4n) is 2.25. The van der Waals surface area contributed by atoms with Crippen molar-refractivity contribution in [1.29, 1.82) is 5.26 Å². The summed E-state index contributed by atoms with van der Waals surface area (Å²) in [5, 5.41) is 22.2. The van der Waals surface area contributed by atoms with Crippen molar-refractivity contribution < 1.29 is 5.11 Å². The largest absolute Gasteiger partial charge is 0.506 e. The number of phenolic OH excluding ortho intramolecular Hbond substituents is 1. The third-order valence-electron chi connectivity index (χ3n) is 3.34. The Morgan fingerprint density at radius 1 is 1.41 bits per heavy atom. The van der Waals surface area contributed by atoms with E-state index in [9.17, 15) is 5.11 Å². The lowest BCUT2D eigenvalue weighted by Crippen LogP contribution is -2.44. The smallest absolute Gasteiger partial charge is 0.138 e. The lowest BCUT2D eigenvalue weighted by Gasteiger charge is -2.33. The van der Waals surface area contributed by atoms with Crippen LogP contribution >= 0.6 is 0 Å². The SMILES string of the molecule is C[C@@H](c1cccc(C#N)c1O)N1CCNCC1. The number of piperazine rings is 1. The second-order valence-electron chi connectivity index (χ2n) is 4.32. The average Bonchev–Trinajstić information content (AvgIpc) is 2.39. The molecule has 1 saturated heterocycles. The summed E-state index contributed by atoms with van der Waals surface area (Å²) in [6.45, 7) is 5.96. The van der Waals surface area contributed by atoms with Gasteiger partial charge in [0.15, 0.2) is 0 Å². The van der Waals surface area contributed by atoms with Crippen LogP contribution in [0.1, 0.15) is 24.1 Å². The van der Waals surface area contributed by atoms with Crippen LogP contribution in [0.15, 0.2) is 18.2 Å². The van der Waals surface area contributed by atoms with Gasteiger partial charge in [0, 0.05) is 37.8 Å². The molecule has 1 aliphatic rings. The maximum Gasteiger partial charge on any atom is 0.138 e. The number of nitriles is 1. The molecule has 4 nitrogen and oxygen atoms in total. The maximum absolute atomic E-state index is 10.0. The molecule has 1 aromatic carbocycles. The minimum absolute atomic E-state index is 0.126. The molecule has 0 aromatic heterocycles. The number of benzene rings is 1. The second-order valence-corrected chi connectivity index (χ2v) is 4.32. The van der Waals surface area contributed by atoms with Gasteiger partial charge in [0.1, 0.15) is 11.8 Å². The van der Waals surface area contributed by atoms with Gasteiger partial charge in [-0.05, 0) is 13.0 Å². The normalized spacial score (nSPS) is 18.6. The highest BCUT2D eigenvalue weighted by Crippen LogP contribution is 2.30. The fourth-order valence-corrected chi connectivity index (χ4v) is 2.25. The van der Waals surface area contributed by atoms with Crippen LogP contribution in [0.4, 0.5) is 0 Å². The van der Waals surface area contributed by atoms with Gasteiger partial charge >= 0.3 is 0 Å². The predicted octanol–water partition coefficient (Wildman–Crippen LogP) is 1.23. The number of hydrogen-bond acceptors (Lipinski definition) is 4. The van der Waals surface area contributed by atoms with Crippen molar-refractivity contribution in [1.82, 2.24) is 10.2 Å². The molecule has 0 radical (unpaired) electrons. The number of nitrogens with one attached hydrogen (secondary N) is 1. The van der Waals surface area contributed by atoms with Crippen LogP contribution in [0.5, 0.6) is 5.75 Å². The zero-order valence-corrected chi connectivity index (χ0v) is 9.98. The first-order valence-corrected chi connectivity index (χ1v) is 5.91. The summed E-state index contributed by atoms with van der Waals surface area (Å²) in [5.74, 6) is 0.126. The number of rotatable bonds is 2. The fraction of sp³-hybridized carbons (Fsp3) is 0.462. The van der Waals surface area contributed by atoms with E-state index in [2.05, 4.69) is 17.1 Å². The molecule has 0 amide bonds. The van der Waals surface area contributed by atoms with Gasteiger partial charge in [-0.15, -0.1) is 0 Å². The van der Waals surface area contributed by atoms with Gasteiger partial charge in [-0.2, -0.15) is 5.26 Å². The van der Waals surface area contributed by atoms with Gasteiger partial charge in [0.05, 0.1) is 5.56 Å². The molecule has 0 aliphatic carbocycles. The van der Waals surface area contributed by atoms with Crippen molar-refractivity contribution in [3.8, 4) is 11.8 Å². The van der Waals surface area contributed by atoms with E-state index in [-0.39, 0.29) is 11.8 Å². The lowest BCUT2D eigenvalue weighted by atomic mass is 10.0. The lowest BCUT2D eigenvalue weighted by molar-refractivity contribution is 0.183. The quantitative estimate of drug-likeness (QED) is 0.803. The maximum atomic E-state index is 10.0. The van der Waals surface area contributed by atoms with Crippen LogP contribution < -0.4 is 5.32 Å². The Balaban J connectivity index is 2.24. The molecule has 0 spiro atoms. The van der Waals surface area contributed by atoms with Crippen molar-refractivity contribution in [2.24, 2.45) is 0 Å². The molecule has 0 saturated carbocycles. The van der Waals surface area contributed by atoms with Gasteiger partial charge in [-0.3, -0.25) is 4.90 Å². The first kappa shape index (κ1) is 11.9. The van der Waals surface area contributed by atoms with Gasteiger partial charge < -0.3 is 10.4 Å². The number of aromatic hydroxyl groups is 1. The van der Waals surface area contributed by atoms with Gasteiger partial charge in [0.25, 0.3) is 0 Å². The van der Waals surface area contributed by atoms with Gasteiger partial charge in [0.2, 0.25) is 0 Å². The number of hydrogen-bond donors (Lipinski definition) is 2. The van der Waals surface area contributed by atoms with Crippen LogP contribution in [-0.4, -0.2) is 36.2 Å². The third-order valence-corrected chi connectivity index (χ3v) is 3.34. The topological polar surface area (TPSA) is 59.3 Å². The summed E-state index contributed by atoms with van der Waals surface area (Å²) < 4.78 is 0. The van der Waals surface area contributed by atoms with E-state index in [1.54, 1.807) is 6.07 Å². The van der Waals surface area contributed by atoms with Crippen molar-refractivity contribution in [2.45, 2.75) is 13.0 Å². The minimum atomic E-state index is 0.126. The molecule has 17 heavy (non-hydrogen) atoms. The highest BCUT2D eigenvalue weighted by atomic mass is 16.3. The molecule has 1 atom stereocenters.